The largest absolute Gasteiger partial charge is 0.456 e. The SMILES string of the molecule is CC(C)COCCCNC(=O)Nc1ccc(Oc2ccccc2C#N)cc1. The standard InChI is InChI=1S/C21H25N3O3/c1-16(2)15-26-13-5-12-23-21(25)24-18-8-10-19(11-9-18)27-20-7-4-3-6-17(20)14-22/h3-4,6-11,16H,5,12-13,15H2,1-2H3,(H2,23,24,25). The highest BCUT2D eigenvalue weighted by atomic mass is 16.5. The summed E-state index contributed by atoms with van der Waals surface area (Å²) in [5.41, 5.74) is 1.13. The van der Waals surface area contributed by atoms with Crippen LogP contribution in [0.25, 0.3) is 0 Å². The Morgan fingerprint density at radius 3 is 2.59 bits per heavy atom. The number of nitrogens with one attached hydrogen (secondary N) is 2. The van der Waals surface area contributed by atoms with Gasteiger partial charge >= 0.3 is 6.03 Å². The molecule has 0 atom stereocenters. The van der Waals surface area contributed by atoms with Gasteiger partial charge in [-0.2, -0.15) is 5.26 Å². The number of benzene rings is 2. The summed E-state index contributed by atoms with van der Waals surface area (Å²) in [7, 11) is 0. The maximum Gasteiger partial charge on any atom is 0.319 e. The van der Waals surface area contributed by atoms with Crippen molar-refractivity contribution in [2.45, 2.75) is 20.3 Å². The molecule has 0 aliphatic carbocycles. The fourth-order valence-electron chi connectivity index (χ4n) is 2.25. The van der Waals surface area contributed by atoms with Crippen LogP contribution in [0.3, 0.4) is 0 Å². The molecule has 27 heavy (non-hydrogen) atoms. The first-order valence-electron chi connectivity index (χ1n) is 8.98. The lowest BCUT2D eigenvalue weighted by molar-refractivity contribution is 0.108. The number of rotatable bonds is 9. The van der Waals surface area contributed by atoms with Crippen molar-refractivity contribution in [2.75, 3.05) is 25.1 Å². The predicted molar refractivity (Wildman–Crippen MR) is 105 cm³/mol. The zero-order chi connectivity index (χ0) is 19.5. The van der Waals surface area contributed by atoms with Crippen LogP contribution in [0.5, 0.6) is 11.5 Å². The minimum absolute atomic E-state index is 0.262. The highest BCUT2D eigenvalue weighted by Gasteiger charge is 2.05. The highest BCUT2D eigenvalue weighted by Crippen LogP contribution is 2.25. The van der Waals surface area contributed by atoms with Gasteiger partial charge in [0, 0.05) is 25.4 Å². The van der Waals surface area contributed by atoms with Gasteiger partial charge in [0.05, 0.1) is 5.56 Å². The molecule has 0 radical (unpaired) electrons. The molecule has 2 rings (SSSR count). The summed E-state index contributed by atoms with van der Waals surface area (Å²) in [6.45, 7) is 6.12. The second-order valence-corrected chi connectivity index (χ2v) is 6.44. The molecule has 0 unspecified atom stereocenters. The van der Waals surface area contributed by atoms with Gasteiger partial charge in [0.1, 0.15) is 17.6 Å². The summed E-state index contributed by atoms with van der Waals surface area (Å²) in [5.74, 6) is 1.60. The number of carbonyl (C=O) groups is 1. The number of nitrogens with zero attached hydrogens (tertiary/aromatic N) is 1. The van der Waals surface area contributed by atoms with E-state index in [1.54, 1.807) is 42.5 Å². The lowest BCUT2D eigenvalue weighted by Crippen LogP contribution is -2.30. The second-order valence-electron chi connectivity index (χ2n) is 6.44. The van der Waals surface area contributed by atoms with Crippen LogP contribution < -0.4 is 15.4 Å². The minimum Gasteiger partial charge on any atom is -0.456 e. The molecular formula is C21H25N3O3. The normalized spacial score (nSPS) is 10.3. The molecular weight excluding hydrogens is 342 g/mol. The number of amides is 2. The monoisotopic (exact) mass is 367 g/mol. The number of ether oxygens (including phenoxy) is 2. The molecule has 2 N–H and O–H groups in total. The quantitative estimate of drug-likeness (QED) is 0.638. The van der Waals surface area contributed by atoms with Crippen molar-refractivity contribution in [2.24, 2.45) is 5.92 Å². The molecule has 6 heteroatoms. The number of nitriles is 1. The van der Waals surface area contributed by atoms with Crippen molar-refractivity contribution in [1.29, 1.82) is 5.26 Å². The number of hydrogen-bond donors (Lipinski definition) is 2. The Morgan fingerprint density at radius 2 is 1.89 bits per heavy atom. The summed E-state index contributed by atoms with van der Waals surface area (Å²) >= 11 is 0. The summed E-state index contributed by atoms with van der Waals surface area (Å²) in [6, 6.07) is 15.8. The molecule has 2 amide bonds. The molecule has 0 bridgehead atoms. The fourth-order valence-corrected chi connectivity index (χ4v) is 2.25. The van der Waals surface area contributed by atoms with Gasteiger partial charge in [0.2, 0.25) is 0 Å². The molecule has 0 spiro atoms. The molecule has 2 aromatic rings. The lowest BCUT2D eigenvalue weighted by atomic mass is 10.2. The number of para-hydroxylation sites is 1. The first kappa shape index (κ1) is 20.3. The maximum absolute atomic E-state index is 11.9. The highest BCUT2D eigenvalue weighted by molar-refractivity contribution is 5.89. The molecule has 0 aliphatic heterocycles. The number of urea groups is 1. The van der Waals surface area contributed by atoms with Gasteiger partial charge in [-0.3, -0.25) is 0 Å². The Bertz CT molecular complexity index is 767. The Kier molecular flexibility index (Phi) is 8.14. The van der Waals surface area contributed by atoms with Crippen LogP contribution in [0, 0.1) is 17.2 Å². The zero-order valence-electron chi connectivity index (χ0n) is 15.7. The minimum atomic E-state index is -0.262. The van der Waals surface area contributed by atoms with Gasteiger partial charge < -0.3 is 20.1 Å². The summed E-state index contributed by atoms with van der Waals surface area (Å²) < 4.78 is 11.2. The van der Waals surface area contributed by atoms with Crippen LogP contribution in [0.1, 0.15) is 25.8 Å². The maximum atomic E-state index is 11.9. The molecule has 0 saturated heterocycles. The first-order valence-corrected chi connectivity index (χ1v) is 8.98. The predicted octanol–water partition coefficient (Wildman–Crippen LogP) is 4.53. The zero-order valence-corrected chi connectivity index (χ0v) is 15.7. The van der Waals surface area contributed by atoms with Gasteiger partial charge in [0.15, 0.2) is 0 Å². The van der Waals surface area contributed by atoms with E-state index in [1.165, 1.54) is 0 Å². The third-order valence-corrected chi connectivity index (χ3v) is 3.55. The molecule has 0 saturated carbocycles. The molecule has 0 aliphatic rings. The van der Waals surface area contributed by atoms with E-state index in [4.69, 9.17) is 14.7 Å². The van der Waals surface area contributed by atoms with E-state index in [2.05, 4.69) is 30.6 Å². The average Bonchev–Trinajstić information content (AvgIpc) is 2.66. The van der Waals surface area contributed by atoms with E-state index in [0.29, 0.717) is 41.8 Å². The van der Waals surface area contributed by atoms with Gasteiger partial charge in [-0.15, -0.1) is 0 Å². The Morgan fingerprint density at radius 1 is 1.15 bits per heavy atom. The Labute approximate surface area is 160 Å². The molecule has 0 fully saturated rings. The lowest BCUT2D eigenvalue weighted by Gasteiger charge is -2.10. The number of carbonyl (C=O) groups excluding carboxylic acids is 1. The van der Waals surface area contributed by atoms with Crippen LogP contribution >= 0.6 is 0 Å². The summed E-state index contributed by atoms with van der Waals surface area (Å²) in [6.07, 6.45) is 0.769. The van der Waals surface area contributed by atoms with Gasteiger partial charge in [-0.05, 0) is 48.7 Å². The van der Waals surface area contributed by atoms with Crippen LogP contribution in [0.2, 0.25) is 0 Å². The van der Waals surface area contributed by atoms with Crippen molar-refractivity contribution in [3.8, 4) is 17.6 Å². The van der Waals surface area contributed by atoms with Crippen molar-refractivity contribution < 1.29 is 14.3 Å². The van der Waals surface area contributed by atoms with Gasteiger partial charge in [0.25, 0.3) is 0 Å². The van der Waals surface area contributed by atoms with Crippen LogP contribution in [0.15, 0.2) is 48.5 Å². The molecule has 6 nitrogen and oxygen atoms in total. The van der Waals surface area contributed by atoms with E-state index < -0.39 is 0 Å². The third-order valence-electron chi connectivity index (χ3n) is 3.55. The molecule has 0 aromatic heterocycles. The molecule has 2 aromatic carbocycles. The Balaban J connectivity index is 1.75. The van der Waals surface area contributed by atoms with Gasteiger partial charge in [-0.25, -0.2) is 4.79 Å². The second kappa shape index (κ2) is 10.8. The van der Waals surface area contributed by atoms with Crippen LogP contribution in [0.4, 0.5) is 10.5 Å². The van der Waals surface area contributed by atoms with Crippen molar-refractivity contribution >= 4 is 11.7 Å². The fraction of sp³-hybridized carbons (Fsp3) is 0.333. The van der Waals surface area contributed by atoms with Crippen molar-refractivity contribution in [1.82, 2.24) is 5.32 Å². The van der Waals surface area contributed by atoms with Gasteiger partial charge in [-0.1, -0.05) is 26.0 Å². The Hall–Kier alpha value is -3.04. The number of anilines is 1. The van der Waals surface area contributed by atoms with Crippen LogP contribution in [-0.4, -0.2) is 25.8 Å². The van der Waals surface area contributed by atoms with Crippen LogP contribution in [-0.2, 0) is 4.74 Å². The molecule has 0 heterocycles. The van der Waals surface area contributed by atoms with Crippen molar-refractivity contribution in [3.05, 3.63) is 54.1 Å². The smallest absolute Gasteiger partial charge is 0.319 e. The average molecular weight is 367 g/mol. The van der Waals surface area contributed by atoms with E-state index in [-0.39, 0.29) is 6.03 Å². The topological polar surface area (TPSA) is 83.4 Å². The van der Waals surface area contributed by atoms with E-state index >= 15 is 0 Å². The van der Waals surface area contributed by atoms with E-state index in [0.717, 1.165) is 13.0 Å². The van der Waals surface area contributed by atoms with E-state index in [1.807, 2.05) is 6.07 Å². The number of hydrogen-bond acceptors (Lipinski definition) is 4. The third kappa shape index (κ3) is 7.38. The summed E-state index contributed by atoms with van der Waals surface area (Å²) in [4.78, 5) is 11.9. The first-order chi connectivity index (χ1) is 13.1. The molecule has 142 valence electrons. The van der Waals surface area contributed by atoms with E-state index in [9.17, 15) is 4.79 Å². The summed E-state index contributed by atoms with van der Waals surface area (Å²) in [5, 5.41) is 14.6. The van der Waals surface area contributed by atoms with Crippen molar-refractivity contribution in [3.63, 3.8) is 0 Å².